The molecule has 1 aliphatic heterocycles. The van der Waals surface area contributed by atoms with E-state index in [-0.39, 0.29) is 17.8 Å². The van der Waals surface area contributed by atoms with Gasteiger partial charge in [-0.1, -0.05) is 6.07 Å². The topological polar surface area (TPSA) is 59.6 Å². The molecule has 0 aromatic heterocycles. The van der Waals surface area contributed by atoms with Crippen molar-refractivity contribution < 1.29 is 18.5 Å². The molecular weight excluding hydrogens is 298 g/mol. The number of hydrogen-bond acceptors (Lipinski definition) is 3. The molecule has 0 bridgehead atoms. The highest BCUT2D eigenvalue weighted by Gasteiger charge is 2.51. The van der Waals surface area contributed by atoms with Crippen LogP contribution >= 0.6 is 0 Å². The number of halogens is 1. The summed E-state index contributed by atoms with van der Waals surface area (Å²) >= 11 is 0. The van der Waals surface area contributed by atoms with Gasteiger partial charge in [0.2, 0.25) is 0 Å². The summed E-state index contributed by atoms with van der Waals surface area (Å²) in [7, 11) is -0.621. The third-order valence-corrected chi connectivity index (χ3v) is 4.68. The third kappa shape index (κ3) is 3.35. The first-order chi connectivity index (χ1) is 10.7. The van der Waals surface area contributed by atoms with E-state index < -0.39 is 24.1 Å². The van der Waals surface area contributed by atoms with E-state index in [1.807, 2.05) is 27.7 Å². The first-order valence-electron chi connectivity index (χ1n) is 7.90. The van der Waals surface area contributed by atoms with Crippen LogP contribution in [0.3, 0.4) is 0 Å². The molecule has 2 fully saturated rings. The lowest BCUT2D eigenvalue weighted by Crippen LogP contribution is -2.41. The lowest BCUT2D eigenvalue weighted by molar-refractivity contribution is 0.00578. The van der Waals surface area contributed by atoms with Gasteiger partial charge in [-0.3, -0.25) is 0 Å². The van der Waals surface area contributed by atoms with Crippen LogP contribution in [-0.2, 0) is 9.31 Å². The second-order valence-corrected chi connectivity index (χ2v) is 7.20. The second-order valence-electron chi connectivity index (χ2n) is 7.20. The molecule has 0 radical (unpaired) electrons. The molecular formula is C16H22BFN2O3. The number of hydrogen-bond donors (Lipinski definition) is 2. The highest BCUT2D eigenvalue weighted by Crippen LogP contribution is 2.36. The van der Waals surface area contributed by atoms with Crippen molar-refractivity contribution in [3.63, 3.8) is 0 Å². The fourth-order valence-electron chi connectivity index (χ4n) is 2.33. The number of carbonyl (C=O) groups excluding carboxylic acids is 1. The highest BCUT2D eigenvalue weighted by atomic mass is 19.1. The van der Waals surface area contributed by atoms with Crippen molar-refractivity contribution in [3.8, 4) is 0 Å². The fraction of sp³-hybridized carbons (Fsp3) is 0.562. The van der Waals surface area contributed by atoms with Crippen molar-refractivity contribution in [2.24, 2.45) is 0 Å². The summed E-state index contributed by atoms with van der Waals surface area (Å²) in [6, 6.07) is 4.42. The zero-order valence-corrected chi connectivity index (χ0v) is 13.9. The standard InChI is InChI=1S/C16H22BFN2O3/c1-15(2)16(3,4)23-17(22-15)10-5-8-13(12(18)9-10)20-14(21)19-11-6-7-11/h5,8-9,11H,6-7H2,1-4H3,(H2,19,20,21). The van der Waals surface area contributed by atoms with Crippen molar-refractivity contribution in [2.45, 2.75) is 57.8 Å². The van der Waals surface area contributed by atoms with E-state index in [1.54, 1.807) is 6.07 Å². The van der Waals surface area contributed by atoms with E-state index in [0.717, 1.165) is 12.8 Å². The van der Waals surface area contributed by atoms with Gasteiger partial charge in [0, 0.05) is 6.04 Å². The minimum absolute atomic E-state index is 0.142. The molecule has 2 amide bonds. The number of benzene rings is 1. The molecule has 1 aromatic carbocycles. The Hall–Kier alpha value is -1.60. The van der Waals surface area contributed by atoms with Crippen LogP contribution in [-0.4, -0.2) is 30.4 Å². The maximum atomic E-state index is 14.2. The maximum absolute atomic E-state index is 14.2. The number of amides is 2. The SMILES string of the molecule is CC1(C)OB(c2ccc(NC(=O)NC3CC3)c(F)c2)OC1(C)C. The zero-order chi connectivity index (χ0) is 16.8. The average molecular weight is 320 g/mol. The lowest BCUT2D eigenvalue weighted by atomic mass is 9.79. The van der Waals surface area contributed by atoms with Gasteiger partial charge in [-0.25, -0.2) is 9.18 Å². The van der Waals surface area contributed by atoms with Crippen molar-refractivity contribution in [1.29, 1.82) is 0 Å². The lowest BCUT2D eigenvalue weighted by Gasteiger charge is -2.32. The van der Waals surface area contributed by atoms with Gasteiger partial charge >= 0.3 is 13.1 Å². The second kappa shape index (κ2) is 5.49. The van der Waals surface area contributed by atoms with Crippen molar-refractivity contribution in [3.05, 3.63) is 24.0 Å². The number of urea groups is 1. The van der Waals surface area contributed by atoms with Crippen LogP contribution in [0.25, 0.3) is 0 Å². The number of carbonyl (C=O) groups is 1. The van der Waals surface area contributed by atoms with E-state index in [4.69, 9.17) is 9.31 Å². The van der Waals surface area contributed by atoms with Crippen LogP contribution in [0, 0.1) is 5.82 Å². The zero-order valence-electron chi connectivity index (χ0n) is 13.9. The normalized spacial score (nSPS) is 22.0. The molecule has 7 heteroatoms. The minimum Gasteiger partial charge on any atom is -0.399 e. The molecule has 0 atom stereocenters. The Morgan fingerprint density at radius 2 is 1.83 bits per heavy atom. The molecule has 5 nitrogen and oxygen atoms in total. The summed E-state index contributed by atoms with van der Waals surface area (Å²) in [5, 5.41) is 5.28. The van der Waals surface area contributed by atoms with E-state index in [2.05, 4.69) is 10.6 Å². The molecule has 3 rings (SSSR count). The van der Waals surface area contributed by atoms with Crippen LogP contribution in [0.1, 0.15) is 40.5 Å². The minimum atomic E-state index is -0.621. The Kier molecular flexibility index (Phi) is 3.88. The monoisotopic (exact) mass is 320 g/mol. The summed E-state index contributed by atoms with van der Waals surface area (Å²) in [5.41, 5.74) is -0.220. The predicted octanol–water partition coefficient (Wildman–Crippen LogP) is 2.41. The smallest absolute Gasteiger partial charge is 0.399 e. The number of rotatable bonds is 3. The van der Waals surface area contributed by atoms with E-state index in [1.165, 1.54) is 12.1 Å². The summed E-state index contributed by atoms with van der Waals surface area (Å²) in [6.45, 7) is 7.78. The van der Waals surface area contributed by atoms with E-state index in [0.29, 0.717) is 5.46 Å². The summed E-state index contributed by atoms with van der Waals surface area (Å²) in [5.74, 6) is -0.511. The van der Waals surface area contributed by atoms with Crippen molar-refractivity contribution in [1.82, 2.24) is 5.32 Å². The van der Waals surface area contributed by atoms with Gasteiger partial charge in [-0.15, -0.1) is 0 Å². The van der Waals surface area contributed by atoms with E-state index in [9.17, 15) is 9.18 Å². The summed E-state index contributed by atoms with van der Waals surface area (Å²) < 4.78 is 26.0. The van der Waals surface area contributed by atoms with Crippen LogP contribution in [0.5, 0.6) is 0 Å². The number of nitrogens with one attached hydrogen (secondary N) is 2. The first-order valence-corrected chi connectivity index (χ1v) is 7.90. The molecule has 2 N–H and O–H groups in total. The third-order valence-electron chi connectivity index (χ3n) is 4.68. The fourth-order valence-corrected chi connectivity index (χ4v) is 2.33. The highest BCUT2D eigenvalue weighted by molar-refractivity contribution is 6.62. The van der Waals surface area contributed by atoms with Crippen LogP contribution in [0.2, 0.25) is 0 Å². The van der Waals surface area contributed by atoms with Crippen LogP contribution < -0.4 is 16.1 Å². The van der Waals surface area contributed by atoms with E-state index >= 15 is 0 Å². The maximum Gasteiger partial charge on any atom is 0.494 e. The quantitative estimate of drug-likeness (QED) is 0.841. The molecule has 1 heterocycles. The molecule has 1 aromatic rings. The molecule has 1 saturated carbocycles. The Bertz CT molecular complexity index is 616. The van der Waals surface area contributed by atoms with Gasteiger partial charge in [0.1, 0.15) is 5.82 Å². The summed E-state index contributed by atoms with van der Waals surface area (Å²) in [4.78, 5) is 11.7. The Morgan fingerprint density at radius 3 is 2.35 bits per heavy atom. The Labute approximate surface area is 136 Å². The molecule has 1 aliphatic carbocycles. The first kappa shape index (κ1) is 16.3. The van der Waals surface area contributed by atoms with Gasteiger partial charge in [0.15, 0.2) is 0 Å². The molecule has 23 heavy (non-hydrogen) atoms. The largest absolute Gasteiger partial charge is 0.494 e. The summed E-state index contributed by atoms with van der Waals surface area (Å²) in [6.07, 6.45) is 1.97. The average Bonchev–Trinajstić information content (AvgIpc) is 3.19. The molecule has 1 saturated heterocycles. The van der Waals surface area contributed by atoms with Gasteiger partial charge in [0.25, 0.3) is 0 Å². The Morgan fingerprint density at radius 1 is 1.22 bits per heavy atom. The number of anilines is 1. The molecule has 0 unspecified atom stereocenters. The van der Waals surface area contributed by atoms with Gasteiger partial charge < -0.3 is 19.9 Å². The van der Waals surface area contributed by atoms with Crippen molar-refractivity contribution in [2.75, 3.05) is 5.32 Å². The molecule has 2 aliphatic rings. The van der Waals surface area contributed by atoms with Crippen LogP contribution in [0.15, 0.2) is 18.2 Å². The predicted molar refractivity (Wildman–Crippen MR) is 87.3 cm³/mol. The Balaban J connectivity index is 1.71. The van der Waals surface area contributed by atoms with Gasteiger partial charge in [-0.05, 0) is 58.1 Å². The van der Waals surface area contributed by atoms with Crippen LogP contribution in [0.4, 0.5) is 14.9 Å². The van der Waals surface area contributed by atoms with Gasteiger partial charge in [0.05, 0.1) is 16.9 Å². The molecule has 124 valence electrons. The van der Waals surface area contributed by atoms with Gasteiger partial charge in [-0.2, -0.15) is 0 Å². The molecule has 0 spiro atoms. The van der Waals surface area contributed by atoms with Crippen molar-refractivity contribution >= 4 is 24.3 Å².